The molecule has 1 aliphatic heterocycles. The third-order valence-corrected chi connectivity index (χ3v) is 5.63. The summed E-state index contributed by atoms with van der Waals surface area (Å²) < 4.78 is 11.1. The summed E-state index contributed by atoms with van der Waals surface area (Å²) in [4.78, 5) is 30.9. The Balaban J connectivity index is 1.35. The van der Waals surface area contributed by atoms with E-state index in [-0.39, 0.29) is 19.6 Å². The van der Waals surface area contributed by atoms with Crippen molar-refractivity contribution in [2.45, 2.75) is 31.8 Å². The van der Waals surface area contributed by atoms with E-state index in [9.17, 15) is 14.7 Å². The Morgan fingerprint density at radius 2 is 2.00 bits per heavy atom. The van der Waals surface area contributed by atoms with Crippen LogP contribution in [0.4, 0.5) is 10.5 Å². The second-order valence-corrected chi connectivity index (χ2v) is 8.10. The number of thiazole rings is 1. The van der Waals surface area contributed by atoms with Crippen LogP contribution >= 0.6 is 11.3 Å². The van der Waals surface area contributed by atoms with Gasteiger partial charge in [0, 0.05) is 23.6 Å². The zero-order valence-corrected chi connectivity index (χ0v) is 18.0. The Bertz CT molecular complexity index is 1040. The van der Waals surface area contributed by atoms with Crippen molar-refractivity contribution in [2.24, 2.45) is 0 Å². The molecule has 0 aliphatic carbocycles. The van der Waals surface area contributed by atoms with E-state index in [0.717, 1.165) is 11.3 Å². The number of rotatable bonds is 7. The Labute approximate surface area is 189 Å². The van der Waals surface area contributed by atoms with Crippen LogP contribution in [0.3, 0.4) is 0 Å². The van der Waals surface area contributed by atoms with Crippen molar-refractivity contribution >= 4 is 29.0 Å². The summed E-state index contributed by atoms with van der Waals surface area (Å²) in [5.41, 5.74) is 3.94. The van der Waals surface area contributed by atoms with Gasteiger partial charge in [-0.05, 0) is 17.7 Å². The molecule has 2 amide bonds. The van der Waals surface area contributed by atoms with Crippen molar-refractivity contribution in [1.82, 2.24) is 9.88 Å². The first-order chi connectivity index (χ1) is 15.6. The number of carbonyl (C=O) groups excluding carboxylic acids is 2. The Morgan fingerprint density at radius 3 is 2.78 bits per heavy atom. The predicted octanol–water partition coefficient (Wildman–Crippen LogP) is 3.43. The minimum absolute atomic E-state index is 0.0441. The first-order valence-electron chi connectivity index (χ1n) is 10.1. The van der Waals surface area contributed by atoms with Gasteiger partial charge in [-0.3, -0.25) is 9.69 Å². The van der Waals surface area contributed by atoms with E-state index in [2.05, 4.69) is 10.3 Å². The molecule has 2 N–H and O–H groups in total. The van der Waals surface area contributed by atoms with Crippen molar-refractivity contribution < 1.29 is 24.2 Å². The molecule has 1 aromatic heterocycles. The number of carbonyl (C=O) groups is 2. The molecule has 0 saturated carbocycles. The Kier molecular flexibility index (Phi) is 6.98. The monoisotopic (exact) mass is 453 g/mol. The van der Waals surface area contributed by atoms with E-state index in [1.54, 1.807) is 29.8 Å². The molecule has 0 unspecified atom stereocenters. The van der Waals surface area contributed by atoms with Gasteiger partial charge in [-0.1, -0.05) is 36.4 Å². The number of amides is 2. The van der Waals surface area contributed by atoms with Crippen LogP contribution in [0.5, 0.6) is 5.75 Å². The first-order valence-corrected chi connectivity index (χ1v) is 11.1. The maximum absolute atomic E-state index is 12.9. The van der Waals surface area contributed by atoms with Gasteiger partial charge in [0.25, 0.3) is 0 Å². The fourth-order valence-corrected chi connectivity index (χ4v) is 3.96. The van der Waals surface area contributed by atoms with E-state index < -0.39 is 24.1 Å². The standard InChI is InChI=1S/C23H23N3O5S/c27-19-10-21(26(11-19)23(29)31-12-16-5-2-1-3-6-16)22(28)25-17-7-4-8-20(9-17)30-13-18-14-32-15-24-18/h1-9,14-15,19,21,27H,10-13H2,(H,25,28)/t19-,21+/m1/s1. The van der Waals surface area contributed by atoms with Crippen molar-refractivity contribution in [2.75, 3.05) is 11.9 Å². The number of aliphatic hydroxyl groups is 1. The first kappa shape index (κ1) is 21.8. The average molecular weight is 454 g/mol. The normalized spacial score (nSPS) is 17.7. The van der Waals surface area contributed by atoms with Crippen molar-refractivity contribution in [3.8, 4) is 5.75 Å². The van der Waals surface area contributed by atoms with Gasteiger partial charge in [-0.2, -0.15) is 0 Å². The molecule has 2 atom stereocenters. The number of nitrogens with one attached hydrogen (secondary N) is 1. The fourth-order valence-electron chi connectivity index (χ4n) is 3.42. The third-order valence-electron chi connectivity index (χ3n) is 4.99. The number of likely N-dealkylation sites (tertiary alicyclic amines) is 1. The summed E-state index contributed by atoms with van der Waals surface area (Å²) in [6, 6.07) is 15.4. The van der Waals surface area contributed by atoms with Gasteiger partial charge >= 0.3 is 6.09 Å². The summed E-state index contributed by atoms with van der Waals surface area (Å²) in [7, 11) is 0. The van der Waals surface area contributed by atoms with E-state index in [1.807, 2.05) is 35.7 Å². The van der Waals surface area contributed by atoms with Gasteiger partial charge in [0.05, 0.1) is 23.9 Å². The molecule has 0 bridgehead atoms. The minimum atomic E-state index is -0.826. The van der Waals surface area contributed by atoms with Crippen LogP contribution in [0.2, 0.25) is 0 Å². The lowest BCUT2D eigenvalue weighted by Gasteiger charge is -2.23. The third kappa shape index (κ3) is 5.63. The van der Waals surface area contributed by atoms with Crippen molar-refractivity contribution in [3.63, 3.8) is 0 Å². The highest BCUT2D eigenvalue weighted by Gasteiger charge is 2.39. The quantitative estimate of drug-likeness (QED) is 0.568. The number of β-amino-alcohol motifs (C(OH)–C–C–N with tert-alkyl or cyclic N) is 1. The highest BCUT2D eigenvalue weighted by Crippen LogP contribution is 2.23. The largest absolute Gasteiger partial charge is 0.487 e. The van der Waals surface area contributed by atoms with Gasteiger partial charge in [-0.15, -0.1) is 11.3 Å². The van der Waals surface area contributed by atoms with Crippen LogP contribution < -0.4 is 10.1 Å². The molecule has 4 rings (SSSR count). The van der Waals surface area contributed by atoms with Gasteiger partial charge in [0.1, 0.15) is 25.0 Å². The maximum atomic E-state index is 12.9. The van der Waals surface area contributed by atoms with Crippen LogP contribution in [0.1, 0.15) is 17.7 Å². The smallest absolute Gasteiger partial charge is 0.410 e. The molecule has 8 nitrogen and oxygen atoms in total. The van der Waals surface area contributed by atoms with Crippen LogP contribution in [-0.2, 0) is 22.7 Å². The predicted molar refractivity (Wildman–Crippen MR) is 119 cm³/mol. The fraction of sp³-hybridized carbons (Fsp3) is 0.261. The molecule has 1 aliphatic rings. The summed E-state index contributed by atoms with van der Waals surface area (Å²) in [5.74, 6) is 0.191. The lowest BCUT2D eigenvalue weighted by atomic mass is 10.2. The van der Waals surface area contributed by atoms with Gasteiger partial charge in [-0.25, -0.2) is 9.78 Å². The lowest BCUT2D eigenvalue weighted by molar-refractivity contribution is -0.120. The molecular formula is C23H23N3O5S. The summed E-state index contributed by atoms with van der Waals surface area (Å²) in [5, 5.41) is 14.8. The van der Waals surface area contributed by atoms with Gasteiger partial charge in [0.2, 0.25) is 5.91 Å². The topological polar surface area (TPSA) is 101 Å². The van der Waals surface area contributed by atoms with Crippen molar-refractivity contribution in [3.05, 3.63) is 76.7 Å². The zero-order valence-electron chi connectivity index (χ0n) is 17.2. The van der Waals surface area contributed by atoms with Crippen LogP contribution in [-0.4, -0.2) is 45.7 Å². The van der Waals surface area contributed by atoms with Crippen molar-refractivity contribution in [1.29, 1.82) is 0 Å². The lowest BCUT2D eigenvalue weighted by Crippen LogP contribution is -2.43. The van der Waals surface area contributed by atoms with Gasteiger partial charge < -0.3 is 19.9 Å². The molecule has 0 spiro atoms. The van der Waals surface area contributed by atoms with Crippen LogP contribution in [0.15, 0.2) is 65.5 Å². The maximum Gasteiger partial charge on any atom is 0.410 e. The van der Waals surface area contributed by atoms with E-state index in [0.29, 0.717) is 18.0 Å². The van der Waals surface area contributed by atoms with Crippen LogP contribution in [0.25, 0.3) is 0 Å². The van der Waals surface area contributed by atoms with E-state index in [1.165, 1.54) is 16.2 Å². The highest BCUT2D eigenvalue weighted by atomic mass is 32.1. The number of hydrogen-bond acceptors (Lipinski definition) is 7. The van der Waals surface area contributed by atoms with E-state index >= 15 is 0 Å². The number of ether oxygens (including phenoxy) is 2. The highest BCUT2D eigenvalue weighted by molar-refractivity contribution is 7.07. The molecule has 9 heteroatoms. The average Bonchev–Trinajstić information content (AvgIpc) is 3.47. The number of aromatic nitrogens is 1. The van der Waals surface area contributed by atoms with Gasteiger partial charge in [0.15, 0.2) is 0 Å². The second kappa shape index (κ2) is 10.3. The molecule has 1 saturated heterocycles. The Morgan fingerprint density at radius 1 is 1.16 bits per heavy atom. The zero-order chi connectivity index (χ0) is 22.3. The number of hydrogen-bond donors (Lipinski definition) is 2. The van der Waals surface area contributed by atoms with Crippen LogP contribution in [0, 0.1) is 0 Å². The number of anilines is 1. The molecule has 2 heterocycles. The second-order valence-electron chi connectivity index (χ2n) is 7.38. The SMILES string of the molecule is O=C(Nc1cccc(OCc2cscn2)c1)[C@@H]1C[C@@H](O)CN1C(=O)OCc1ccccc1. The number of aliphatic hydroxyl groups excluding tert-OH is 1. The molecule has 1 fully saturated rings. The Hall–Kier alpha value is -3.43. The molecule has 0 radical (unpaired) electrons. The molecule has 32 heavy (non-hydrogen) atoms. The molecule has 3 aromatic rings. The van der Waals surface area contributed by atoms with E-state index in [4.69, 9.17) is 9.47 Å². The number of benzene rings is 2. The molecular weight excluding hydrogens is 430 g/mol. The summed E-state index contributed by atoms with van der Waals surface area (Å²) in [6.45, 7) is 0.470. The molecule has 166 valence electrons. The summed E-state index contributed by atoms with van der Waals surface area (Å²) in [6.07, 6.45) is -1.28. The minimum Gasteiger partial charge on any atom is -0.487 e. The molecule has 2 aromatic carbocycles. The number of nitrogens with zero attached hydrogens (tertiary/aromatic N) is 2. The summed E-state index contributed by atoms with van der Waals surface area (Å²) >= 11 is 1.49.